The van der Waals surface area contributed by atoms with Gasteiger partial charge in [-0.05, 0) is 49.1 Å². The first-order valence-electron chi connectivity index (χ1n) is 8.16. The van der Waals surface area contributed by atoms with Gasteiger partial charge in [0.15, 0.2) is 0 Å². The number of nitrogens with one attached hydrogen (secondary N) is 1. The third-order valence-corrected chi connectivity index (χ3v) is 5.05. The van der Waals surface area contributed by atoms with E-state index in [1.807, 2.05) is 12.1 Å². The average Bonchev–Trinajstić information content (AvgIpc) is 3.28. The summed E-state index contributed by atoms with van der Waals surface area (Å²) in [5.74, 6) is 0. The number of unbranched alkanes of at least 4 members (excludes halogenated alkanes) is 1. The third-order valence-electron chi connectivity index (χ3n) is 4.68. The first-order chi connectivity index (χ1) is 9.69. The fraction of sp³-hybridized carbons (Fsp3) is 0.667. The zero-order valence-electron chi connectivity index (χ0n) is 12.9. The molecule has 0 aromatic heterocycles. The van der Waals surface area contributed by atoms with Crippen molar-refractivity contribution in [2.75, 3.05) is 6.54 Å². The summed E-state index contributed by atoms with van der Waals surface area (Å²) in [6, 6.07) is 9.12. The van der Waals surface area contributed by atoms with E-state index >= 15 is 0 Å². The van der Waals surface area contributed by atoms with E-state index in [0.29, 0.717) is 5.41 Å². The largest absolute Gasteiger partial charge is 0.313 e. The maximum absolute atomic E-state index is 6.38. The first kappa shape index (κ1) is 15.9. The van der Waals surface area contributed by atoms with Crippen molar-refractivity contribution in [1.29, 1.82) is 0 Å². The lowest BCUT2D eigenvalue weighted by Gasteiger charge is -2.34. The van der Waals surface area contributed by atoms with Gasteiger partial charge in [0.1, 0.15) is 0 Å². The molecule has 1 saturated carbocycles. The highest BCUT2D eigenvalue weighted by Crippen LogP contribution is 2.35. The Morgan fingerprint density at radius 1 is 1.25 bits per heavy atom. The minimum absolute atomic E-state index is 0.365. The minimum Gasteiger partial charge on any atom is -0.313 e. The molecule has 0 spiro atoms. The van der Waals surface area contributed by atoms with Crippen LogP contribution in [-0.4, -0.2) is 12.6 Å². The Bertz CT molecular complexity index is 414. The van der Waals surface area contributed by atoms with Gasteiger partial charge in [-0.2, -0.15) is 0 Å². The Kier molecular flexibility index (Phi) is 5.92. The molecule has 112 valence electrons. The van der Waals surface area contributed by atoms with Gasteiger partial charge in [0.05, 0.1) is 0 Å². The van der Waals surface area contributed by atoms with Crippen molar-refractivity contribution in [2.45, 2.75) is 64.8 Å². The molecular weight excluding hydrogens is 266 g/mol. The molecule has 0 aliphatic heterocycles. The molecule has 1 nitrogen and oxygen atoms in total. The van der Waals surface area contributed by atoms with Crippen molar-refractivity contribution in [3.63, 3.8) is 0 Å². The summed E-state index contributed by atoms with van der Waals surface area (Å²) >= 11 is 6.38. The third kappa shape index (κ3) is 4.49. The van der Waals surface area contributed by atoms with Gasteiger partial charge in [-0.3, -0.25) is 0 Å². The van der Waals surface area contributed by atoms with E-state index in [0.717, 1.165) is 24.0 Å². The first-order valence-corrected chi connectivity index (χ1v) is 8.54. The summed E-state index contributed by atoms with van der Waals surface area (Å²) < 4.78 is 0. The molecule has 1 aliphatic rings. The van der Waals surface area contributed by atoms with Crippen LogP contribution in [0.3, 0.4) is 0 Å². The van der Waals surface area contributed by atoms with E-state index in [1.54, 1.807) is 0 Å². The summed E-state index contributed by atoms with van der Waals surface area (Å²) in [5, 5.41) is 4.68. The van der Waals surface area contributed by atoms with Crippen LogP contribution in [0, 0.1) is 5.41 Å². The van der Waals surface area contributed by atoms with Gasteiger partial charge in [-0.25, -0.2) is 0 Å². The Labute approximate surface area is 129 Å². The molecule has 1 N–H and O–H groups in total. The standard InChI is InChI=1S/C18H28ClN/c1-3-5-12-18(4-2,14-20-16-10-11-16)13-15-8-6-7-9-17(15)19/h6-9,16,20H,3-5,10-14H2,1-2H3. The molecule has 1 atom stereocenters. The van der Waals surface area contributed by atoms with Crippen LogP contribution >= 0.6 is 11.6 Å². The van der Waals surface area contributed by atoms with Crippen molar-refractivity contribution in [3.05, 3.63) is 34.9 Å². The Balaban J connectivity index is 2.08. The molecule has 0 radical (unpaired) electrons. The molecule has 0 amide bonds. The zero-order valence-corrected chi connectivity index (χ0v) is 13.7. The molecule has 1 aliphatic carbocycles. The highest BCUT2D eigenvalue weighted by Gasteiger charge is 2.31. The fourth-order valence-corrected chi connectivity index (χ4v) is 3.11. The minimum atomic E-state index is 0.365. The smallest absolute Gasteiger partial charge is 0.0438 e. The second-order valence-electron chi connectivity index (χ2n) is 6.38. The zero-order chi connectivity index (χ0) is 14.4. The highest BCUT2D eigenvalue weighted by molar-refractivity contribution is 6.31. The highest BCUT2D eigenvalue weighted by atomic mass is 35.5. The molecule has 1 unspecified atom stereocenters. The van der Waals surface area contributed by atoms with E-state index < -0.39 is 0 Å². The van der Waals surface area contributed by atoms with E-state index in [9.17, 15) is 0 Å². The predicted molar refractivity (Wildman–Crippen MR) is 88.4 cm³/mol. The number of hydrogen-bond donors (Lipinski definition) is 1. The van der Waals surface area contributed by atoms with Crippen LogP contribution in [0.25, 0.3) is 0 Å². The van der Waals surface area contributed by atoms with Crippen molar-refractivity contribution >= 4 is 11.6 Å². The van der Waals surface area contributed by atoms with Gasteiger partial charge in [-0.15, -0.1) is 0 Å². The predicted octanol–water partition coefficient (Wildman–Crippen LogP) is 5.22. The second-order valence-corrected chi connectivity index (χ2v) is 6.79. The lowest BCUT2D eigenvalue weighted by molar-refractivity contribution is 0.228. The topological polar surface area (TPSA) is 12.0 Å². The number of rotatable bonds is 9. The molecule has 1 fully saturated rings. The van der Waals surface area contributed by atoms with Crippen molar-refractivity contribution < 1.29 is 0 Å². The molecular formula is C18H28ClN. The maximum atomic E-state index is 6.38. The maximum Gasteiger partial charge on any atom is 0.0438 e. The molecule has 2 heteroatoms. The van der Waals surface area contributed by atoms with Gasteiger partial charge in [0.25, 0.3) is 0 Å². The van der Waals surface area contributed by atoms with E-state index in [-0.39, 0.29) is 0 Å². The van der Waals surface area contributed by atoms with Crippen LogP contribution in [0.2, 0.25) is 5.02 Å². The van der Waals surface area contributed by atoms with Crippen molar-refractivity contribution in [2.24, 2.45) is 5.41 Å². The van der Waals surface area contributed by atoms with Gasteiger partial charge in [0.2, 0.25) is 0 Å². The van der Waals surface area contributed by atoms with Crippen LogP contribution in [0.5, 0.6) is 0 Å². The SMILES string of the molecule is CCCCC(CC)(CNC1CC1)Cc1ccccc1Cl. The average molecular weight is 294 g/mol. The van der Waals surface area contributed by atoms with Crippen molar-refractivity contribution in [3.8, 4) is 0 Å². The summed E-state index contributed by atoms with van der Waals surface area (Å²) in [6.07, 6.45) is 8.92. The van der Waals surface area contributed by atoms with Crippen LogP contribution < -0.4 is 5.32 Å². The van der Waals surface area contributed by atoms with Crippen LogP contribution in [0.1, 0.15) is 57.9 Å². The van der Waals surface area contributed by atoms with E-state index in [1.165, 1.54) is 44.1 Å². The molecule has 0 saturated heterocycles. The lowest BCUT2D eigenvalue weighted by atomic mass is 9.75. The van der Waals surface area contributed by atoms with Gasteiger partial charge in [-0.1, -0.05) is 56.5 Å². The monoisotopic (exact) mass is 293 g/mol. The second kappa shape index (κ2) is 7.47. The number of halogens is 1. The molecule has 20 heavy (non-hydrogen) atoms. The molecule has 1 aromatic carbocycles. The van der Waals surface area contributed by atoms with Crippen LogP contribution in [0.15, 0.2) is 24.3 Å². The Morgan fingerprint density at radius 2 is 2.00 bits per heavy atom. The summed E-state index contributed by atoms with van der Waals surface area (Å²) in [7, 11) is 0. The van der Waals surface area contributed by atoms with Crippen LogP contribution in [0.4, 0.5) is 0 Å². The molecule has 2 rings (SSSR count). The molecule has 1 aromatic rings. The molecule has 0 bridgehead atoms. The quantitative estimate of drug-likeness (QED) is 0.658. The Hall–Kier alpha value is -0.530. The van der Waals surface area contributed by atoms with Gasteiger partial charge >= 0.3 is 0 Å². The normalized spacial score (nSPS) is 17.9. The molecule has 0 heterocycles. The number of benzene rings is 1. The summed E-state index contributed by atoms with van der Waals surface area (Å²) in [5.41, 5.74) is 1.67. The fourth-order valence-electron chi connectivity index (χ4n) is 2.91. The van der Waals surface area contributed by atoms with Gasteiger partial charge in [0, 0.05) is 17.6 Å². The summed E-state index contributed by atoms with van der Waals surface area (Å²) in [4.78, 5) is 0. The van der Waals surface area contributed by atoms with Gasteiger partial charge < -0.3 is 5.32 Å². The van der Waals surface area contributed by atoms with Crippen molar-refractivity contribution in [1.82, 2.24) is 5.32 Å². The van der Waals surface area contributed by atoms with Crippen LogP contribution in [-0.2, 0) is 6.42 Å². The van der Waals surface area contributed by atoms with E-state index in [2.05, 4.69) is 31.3 Å². The van der Waals surface area contributed by atoms with E-state index in [4.69, 9.17) is 11.6 Å². The number of hydrogen-bond acceptors (Lipinski definition) is 1. The summed E-state index contributed by atoms with van der Waals surface area (Å²) in [6.45, 7) is 5.75. The lowest BCUT2D eigenvalue weighted by Crippen LogP contribution is -2.37. The Morgan fingerprint density at radius 3 is 2.60 bits per heavy atom.